The Kier molecular flexibility index (Phi) is 4.16. The summed E-state index contributed by atoms with van der Waals surface area (Å²) in [6.45, 7) is 0. The molecule has 4 rings (SSSR count). The summed E-state index contributed by atoms with van der Waals surface area (Å²) in [5, 5.41) is 11.7. The van der Waals surface area contributed by atoms with Crippen molar-refractivity contribution in [1.29, 1.82) is 0 Å². The van der Waals surface area contributed by atoms with E-state index in [-0.39, 0.29) is 0 Å². The summed E-state index contributed by atoms with van der Waals surface area (Å²) in [4.78, 5) is 0. The highest BCUT2D eigenvalue weighted by Gasteiger charge is 2.44. The number of methoxy groups -OCH3 is 3. The minimum atomic E-state index is -1.70. The molecule has 1 heterocycles. The van der Waals surface area contributed by atoms with Crippen LogP contribution in [0.1, 0.15) is 11.1 Å². The minimum absolute atomic E-state index is 0.449. The van der Waals surface area contributed by atoms with Crippen LogP contribution in [0.2, 0.25) is 0 Å². The second-order valence-electron chi connectivity index (χ2n) is 6.18. The molecular weight excluding hydrogens is 344 g/mol. The lowest BCUT2D eigenvalue weighted by molar-refractivity contribution is -0.110. The van der Waals surface area contributed by atoms with Gasteiger partial charge in [0, 0.05) is 22.3 Å². The molecule has 0 aliphatic carbocycles. The molecular formula is C22H20O5. The van der Waals surface area contributed by atoms with Crippen molar-refractivity contribution in [2.75, 3.05) is 21.3 Å². The molecule has 0 radical (unpaired) electrons. The molecule has 3 aromatic rings. The van der Waals surface area contributed by atoms with Crippen LogP contribution in [0.3, 0.4) is 0 Å². The molecule has 0 spiro atoms. The Morgan fingerprint density at radius 2 is 1.48 bits per heavy atom. The maximum absolute atomic E-state index is 11.7. The maximum Gasteiger partial charge on any atom is 0.262 e. The second-order valence-corrected chi connectivity index (χ2v) is 6.18. The zero-order valence-corrected chi connectivity index (χ0v) is 15.4. The van der Waals surface area contributed by atoms with Crippen LogP contribution in [0.15, 0.2) is 60.7 Å². The van der Waals surface area contributed by atoms with E-state index in [1.165, 1.54) is 0 Å². The van der Waals surface area contributed by atoms with E-state index < -0.39 is 5.79 Å². The average Bonchev–Trinajstić information content (AvgIpc) is 2.72. The zero-order chi connectivity index (χ0) is 19.0. The number of para-hydroxylation sites is 1. The van der Waals surface area contributed by atoms with Crippen LogP contribution in [0, 0.1) is 0 Å². The summed E-state index contributed by atoms with van der Waals surface area (Å²) in [5.74, 6) is 0.257. The lowest BCUT2D eigenvalue weighted by Crippen LogP contribution is -2.37. The van der Waals surface area contributed by atoms with E-state index in [0.29, 0.717) is 39.7 Å². The molecule has 1 N–H and O–H groups in total. The van der Waals surface area contributed by atoms with Gasteiger partial charge in [0.1, 0.15) is 5.75 Å². The van der Waals surface area contributed by atoms with Gasteiger partial charge >= 0.3 is 0 Å². The Bertz CT molecular complexity index is 983. The summed E-state index contributed by atoms with van der Waals surface area (Å²) in [7, 11) is 4.67. The van der Waals surface area contributed by atoms with Crippen molar-refractivity contribution in [2.45, 2.75) is 5.79 Å². The lowest BCUT2D eigenvalue weighted by Gasteiger charge is -2.37. The summed E-state index contributed by atoms with van der Waals surface area (Å²) >= 11 is 0. The normalized spacial score (nSPS) is 17.3. The van der Waals surface area contributed by atoms with E-state index in [9.17, 15) is 5.11 Å². The molecule has 0 saturated heterocycles. The third-order valence-corrected chi connectivity index (χ3v) is 4.77. The van der Waals surface area contributed by atoms with Crippen LogP contribution in [0.5, 0.6) is 23.0 Å². The molecule has 27 heavy (non-hydrogen) atoms. The molecule has 5 nitrogen and oxygen atoms in total. The molecule has 0 fully saturated rings. The number of benzene rings is 3. The lowest BCUT2D eigenvalue weighted by atomic mass is 9.86. The standard InChI is InChI=1S/C22H20O5/c1-24-18-13-16-19(21(26-3)20(18)25-2)15-11-7-8-12-17(15)27-22(16,23)14-9-5-4-6-10-14/h4-13,23H,1-3H3. The SMILES string of the molecule is COc1cc2c(c(OC)c1OC)-c1ccccc1OC2(O)c1ccccc1. The third kappa shape index (κ3) is 2.51. The van der Waals surface area contributed by atoms with E-state index >= 15 is 0 Å². The van der Waals surface area contributed by atoms with Crippen LogP contribution in [-0.2, 0) is 5.79 Å². The van der Waals surface area contributed by atoms with Gasteiger partial charge in [-0.05, 0) is 12.1 Å². The van der Waals surface area contributed by atoms with Crippen molar-refractivity contribution in [3.8, 4) is 34.1 Å². The van der Waals surface area contributed by atoms with Gasteiger partial charge < -0.3 is 24.1 Å². The number of ether oxygens (including phenoxy) is 4. The van der Waals surface area contributed by atoms with Crippen molar-refractivity contribution in [3.05, 3.63) is 71.8 Å². The van der Waals surface area contributed by atoms with Crippen molar-refractivity contribution in [2.24, 2.45) is 0 Å². The Balaban J connectivity index is 2.12. The summed E-state index contributed by atoms with van der Waals surface area (Å²) in [6.07, 6.45) is 0. The highest BCUT2D eigenvalue weighted by molar-refractivity contribution is 5.85. The molecule has 3 aromatic carbocycles. The first kappa shape index (κ1) is 17.2. The topological polar surface area (TPSA) is 57.2 Å². The predicted octanol–water partition coefficient (Wildman–Crippen LogP) is 3.97. The minimum Gasteiger partial charge on any atom is -0.493 e. The van der Waals surface area contributed by atoms with Crippen LogP contribution in [0.25, 0.3) is 11.1 Å². The first-order valence-corrected chi connectivity index (χ1v) is 8.53. The van der Waals surface area contributed by atoms with E-state index in [4.69, 9.17) is 18.9 Å². The molecule has 5 heteroatoms. The summed E-state index contributed by atoms with van der Waals surface area (Å²) in [6, 6.07) is 18.5. The Hall–Kier alpha value is -3.18. The van der Waals surface area contributed by atoms with Gasteiger partial charge in [-0.15, -0.1) is 0 Å². The summed E-state index contributed by atoms with van der Waals surface area (Å²) in [5.41, 5.74) is 2.66. The fourth-order valence-corrected chi connectivity index (χ4v) is 3.55. The second kappa shape index (κ2) is 6.52. The first-order valence-electron chi connectivity index (χ1n) is 8.53. The Labute approximate surface area is 157 Å². The Morgan fingerprint density at radius 3 is 2.15 bits per heavy atom. The predicted molar refractivity (Wildman–Crippen MR) is 102 cm³/mol. The molecule has 138 valence electrons. The van der Waals surface area contributed by atoms with Gasteiger partial charge in [0.15, 0.2) is 11.5 Å². The maximum atomic E-state index is 11.7. The van der Waals surface area contributed by atoms with Crippen molar-refractivity contribution in [1.82, 2.24) is 0 Å². The van der Waals surface area contributed by atoms with Gasteiger partial charge in [0.25, 0.3) is 5.79 Å². The van der Waals surface area contributed by atoms with Crippen molar-refractivity contribution < 1.29 is 24.1 Å². The molecule has 0 aromatic heterocycles. The molecule has 0 bridgehead atoms. The van der Waals surface area contributed by atoms with E-state index in [1.807, 2.05) is 54.6 Å². The number of aliphatic hydroxyl groups is 1. The van der Waals surface area contributed by atoms with Crippen LogP contribution in [0.4, 0.5) is 0 Å². The largest absolute Gasteiger partial charge is 0.493 e. The average molecular weight is 364 g/mol. The van der Waals surface area contributed by atoms with E-state index in [0.717, 1.165) is 5.56 Å². The molecule has 1 unspecified atom stereocenters. The number of hydrogen-bond donors (Lipinski definition) is 1. The van der Waals surface area contributed by atoms with Gasteiger partial charge in [0.2, 0.25) is 5.75 Å². The summed E-state index contributed by atoms with van der Waals surface area (Å²) < 4.78 is 22.8. The third-order valence-electron chi connectivity index (χ3n) is 4.77. The fourth-order valence-electron chi connectivity index (χ4n) is 3.55. The quantitative estimate of drug-likeness (QED) is 0.759. The number of fused-ring (bicyclic) bond motifs is 3. The number of rotatable bonds is 4. The van der Waals surface area contributed by atoms with E-state index in [1.54, 1.807) is 27.4 Å². The van der Waals surface area contributed by atoms with Crippen molar-refractivity contribution >= 4 is 0 Å². The highest BCUT2D eigenvalue weighted by Crippen LogP contribution is 2.55. The van der Waals surface area contributed by atoms with Gasteiger partial charge in [-0.25, -0.2) is 0 Å². The van der Waals surface area contributed by atoms with Gasteiger partial charge in [0.05, 0.1) is 21.3 Å². The fraction of sp³-hybridized carbons (Fsp3) is 0.182. The molecule has 1 aliphatic rings. The molecule has 1 aliphatic heterocycles. The molecule has 0 amide bonds. The number of hydrogen-bond acceptors (Lipinski definition) is 5. The van der Waals surface area contributed by atoms with Gasteiger partial charge in [-0.3, -0.25) is 0 Å². The van der Waals surface area contributed by atoms with Gasteiger partial charge in [-0.2, -0.15) is 0 Å². The molecule has 1 atom stereocenters. The monoisotopic (exact) mass is 364 g/mol. The first-order chi connectivity index (χ1) is 13.1. The smallest absolute Gasteiger partial charge is 0.262 e. The van der Waals surface area contributed by atoms with E-state index in [2.05, 4.69) is 0 Å². The molecule has 0 saturated carbocycles. The van der Waals surface area contributed by atoms with Gasteiger partial charge in [-0.1, -0.05) is 48.5 Å². The van der Waals surface area contributed by atoms with Crippen LogP contribution >= 0.6 is 0 Å². The zero-order valence-electron chi connectivity index (χ0n) is 15.4. The van der Waals surface area contributed by atoms with Crippen LogP contribution in [-0.4, -0.2) is 26.4 Å². The Morgan fingerprint density at radius 1 is 0.815 bits per heavy atom. The van der Waals surface area contributed by atoms with Crippen molar-refractivity contribution in [3.63, 3.8) is 0 Å². The van der Waals surface area contributed by atoms with Crippen LogP contribution < -0.4 is 18.9 Å². The highest BCUT2D eigenvalue weighted by atomic mass is 16.6.